The summed E-state index contributed by atoms with van der Waals surface area (Å²) < 4.78 is 13.4. The fourth-order valence-corrected chi connectivity index (χ4v) is 7.84. The highest BCUT2D eigenvalue weighted by Gasteiger charge is 2.50. The summed E-state index contributed by atoms with van der Waals surface area (Å²) in [5, 5.41) is 32.8. The molecule has 242 valence electrons. The summed E-state index contributed by atoms with van der Waals surface area (Å²) in [5.74, 6) is 0.479. The van der Waals surface area contributed by atoms with E-state index in [0.717, 1.165) is 5.69 Å². The van der Waals surface area contributed by atoms with Crippen LogP contribution in [0.4, 0.5) is 5.95 Å². The Morgan fingerprint density at radius 1 is 1.24 bits per heavy atom. The van der Waals surface area contributed by atoms with Crippen molar-refractivity contribution in [2.45, 2.75) is 37.4 Å². The number of rotatable bonds is 13. The lowest BCUT2D eigenvalue weighted by Gasteiger charge is -2.33. The minimum absolute atomic E-state index is 0.0514. The second-order valence-electron chi connectivity index (χ2n) is 9.97. The van der Waals surface area contributed by atoms with Crippen LogP contribution in [0.25, 0.3) is 0 Å². The maximum atomic E-state index is 12.7. The third-order valence-electron chi connectivity index (χ3n) is 6.79. The van der Waals surface area contributed by atoms with E-state index in [2.05, 4.69) is 94.6 Å². The summed E-state index contributed by atoms with van der Waals surface area (Å²) >= 11 is 13.7. The molecule has 14 nitrogen and oxygen atoms in total. The lowest BCUT2D eigenvalue weighted by Crippen LogP contribution is -2.45. The molecule has 2 aromatic rings. The van der Waals surface area contributed by atoms with Crippen LogP contribution >= 0.6 is 63.7 Å². The van der Waals surface area contributed by atoms with Gasteiger partial charge < -0.3 is 35.3 Å². The molecule has 1 spiro atoms. The molecule has 0 fully saturated rings. The van der Waals surface area contributed by atoms with Gasteiger partial charge in [-0.1, -0.05) is 10.3 Å². The van der Waals surface area contributed by atoms with E-state index in [1.165, 1.54) is 7.11 Å². The number of allylic oxidation sites excluding steroid dienone is 1. The van der Waals surface area contributed by atoms with Gasteiger partial charge in [-0.15, -0.1) is 0 Å². The lowest BCUT2D eigenvalue weighted by atomic mass is 9.87. The molecule has 4 rings (SSSR count). The number of benzene rings is 1. The Kier molecular flexibility index (Phi) is 12.1. The highest BCUT2D eigenvalue weighted by molar-refractivity contribution is 9.12. The Morgan fingerprint density at radius 3 is 2.62 bits per heavy atom. The van der Waals surface area contributed by atoms with E-state index in [-0.39, 0.29) is 30.9 Å². The molecule has 2 atom stereocenters. The van der Waals surface area contributed by atoms with Gasteiger partial charge in [-0.2, -0.15) is 0 Å². The molecule has 1 aromatic carbocycles. The molecular weight excluding hydrogens is 854 g/mol. The van der Waals surface area contributed by atoms with E-state index < -0.39 is 23.5 Å². The van der Waals surface area contributed by atoms with Gasteiger partial charge in [0.05, 0.1) is 37.8 Å². The lowest BCUT2D eigenvalue weighted by molar-refractivity contribution is -0.358. The Hall–Kier alpha value is -2.93. The van der Waals surface area contributed by atoms with Gasteiger partial charge in [0.15, 0.2) is 5.60 Å². The molecule has 1 aliphatic heterocycles. The number of amides is 2. The average molecular weight is 884 g/mol. The normalized spacial score (nSPS) is 19.6. The summed E-state index contributed by atoms with van der Waals surface area (Å²) in [6.45, 7) is 0.906. The zero-order valence-electron chi connectivity index (χ0n) is 23.8. The molecule has 0 unspecified atom stereocenters. The molecule has 2 aliphatic rings. The molecule has 8 N–H and O–H groups in total. The highest BCUT2D eigenvalue weighted by atomic mass is 79.9. The molecule has 1 aromatic heterocycles. The van der Waals surface area contributed by atoms with Crippen molar-refractivity contribution in [2.24, 2.45) is 10.3 Å². The topological polar surface area (TPSA) is 207 Å². The van der Waals surface area contributed by atoms with E-state index in [1.54, 1.807) is 24.4 Å². The second-order valence-corrected chi connectivity index (χ2v) is 13.4. The minimum atomic E-state index is -1.23. The van der Waals surface area contributed by atoms with Crippen molar-refractivity contribution in [3.8, 4) is 5.75 Å². The molecule has 0 radical (unpaired) electrons. The number of aliphatic hydroxyl groups is 1. The number of nitrogens with two attached hydrogens (primary N) is 1. The van der Waals surface area contributed by atoms with Crippen molar-refractivity contribution in [1.29, 1.82) is 0 Å². The average Bonchev–Trinajstić information content (AvgIpc) is 3.62. The third kappa shape index (κ3) is 8.46. The largest absolute Gasteiger partial charge is 0.495 e. The SMILES string of the molecule is COC1=C(Br)[C@@H](O)[C@]2(C=C1Br)CC(C(=O)NCCCOc1c(Br)cc(CC(=NO)C(=O)NCCc3c[nH+]c(N)[nH]3)cc1Br)=NO2. The number of aromatic amines is 2. The van der Waals surface area contributed by atoms with Crippen molar-refractivity contribution in [3.63, 3.8) is 0 Å². The van der Waals surface area contributed by atoms with E-state index in [9.17, 15) is 19.9 Å². The molecule has 0 bridgehead atoms. The molecule has 1 aliphatic carbocycles. The maximum absolute atomic E-state index is 12.7. The van der Waals surface area contributed by atoms with Gasteiger partial charge in [0.2, 0.25) is 0 Å². The molecule has 45 heavy (non-hydrogen) atoms. The van der Waals surface area contributed by atoms with E-state index in [1.807, 2.05) is 0 Å². The van der Waals surface area contributed by atoms with Gasteiger partial charge >= 0.3 is 5.95 Å². The molecule has 0 saturated heterocycles. The zero-order valence-corrected chi connectivity index (χ0v) is 30.1. The van der Waals surface area contributed by atoms with Crippen molar-refractivity contribution >= 4 is 92.9 Å². The number of carbonyl (C=O) groups excluding carboxylic acids is 2. The number of nitrogen functional groups attached to an aromatic ring is 1. The van der Waals surface area contributed by atoms with Crippen LogP contribution in [-0.2, 0) is 32.0 Å². The standard InChI is InChI=1S/C27H29Br4N7O7/c1-43-22-17(30)10-27(23(39)20(22)31)11-19(38-45-27)25(41)33-4-2-6-44-21-15(28)7-13(8-16(21)29)9-18(37-42)24(40)34-5-3-14-12-35-26(32)36-14/h7-8,10,12,23,39,42H,2-6,9,11H2,1H3,(H,33,41)(H,34,40)(H3,32,35,36)/p+1/t23-,27+/m1/s1. The predicted molar refractivity (Wildman–Crippen MR) is 178 cm³/mol. The summed E-state index contributed by atoms with van der Waals surface area (Å²) in [6.07, 6.45) is 3.38. The van der Waals surface area contributed by atoms with Gasteiger partial charge in [-0.05, 0) is 93.9 Å². The van der Waals surface area contributed by atoms with Crippen molar-refractivity contribution in [1.82, 2.24) is 15.6 Å². The van der Waals surface area contributed by atoms with Crippen LogP contribution in [-0.4, -0.2) is 77.0 Å². The monoisotopic (exact) mass is 880 g/mol. The fraction of sp³-hybridized carbons (Fsp3) is 0.370. The first kappa shape index (κ1) is 34.9. The minimum Gasteiger partial charge on any atom is -0.495 e. The number of nitrogens with one attached hydrogen (secondary N) is 4. The zero-order chi connectivity index (χ0) is 32.7. The first-order valence-electron chi connectivity index (χ1n) is 13.5. The van der Waals surface area contributed by atoms with Crippen molar-refractivity contribution in [2.75, 3.05) is 32.5 Å². The molecule has 0 saturated carbocycles. The van der Waals surface area contributed by atoms with Gasteiger partial charge in [-0.3, -0.25) is 15.3 Å². The Morgan fingerprint density at radius 2 is 1.98 bits per heavy atom. The number of hydrogen-bond donors (Lipinski definition) is 6. The number of oxime groups is 2. The first-order chi connectivity index (χ1) is 21.5. The number of methoxy groups -OCH3 is 1. The van der Waals surface area contributed by atoms with Crippen molar-refractivity contribution in [3.05, 3.63) is 59.3 Å². The van der Waals surface area contributed by atoms with Gasteiger partial charge in [0.1, 0.15) is 34.7 Å². The van der Waals surface area contributed by atoms with Crippen LogP contribution in [0.3, 0.4) is 0 Å². The predicted octanol–water partition coefficient (Wildman–Crippen LogP) is 2.97. The molecule has 2 amide bonds. The Balaban J connectivity index is 1.21. The van der Waals surface area contributed by atoms with Crippen LogP contribution in [0, 0.1) is 0 Å². The molecular formula is C27H30Br4N7O7+. The summed E-state index contributed by atoms with van der Waals surface area (Å²) in [5.41, 5.74) is 6.00. The van der Waals surface area contributed by atoms with Gasteiger partial charge in [-0.25, -0.2) is 9.97 Å². The Bertz CT molecular complexity index is 1550. The van der Waals surface area contributed by atoms with E-state index in [0.29, 0.717) is 66.9 Å². The van der Waals surface area contributed by atoms with E-state index >= 15 is 0 Å². The Labute approximate surface area is 291 Å². The van der Waals surface area contributed by atoms with Crippen LogP contribution in [0.2, 0.25) is 0 Å². The number of halogens is 4. The second kappa shape index (κ2) is 15.6. The highest BCUT2D eigenvalue weighted by Crippen LogP contribution is 2.44. The van der Waals surface area contributed by atoms with Crippen LogP contribution < -0.4 is 26.1 Å². The third-order valence-corrected chi connectivity index (χ3v) is 9.35. The number of imidazole rings is 1. The van der Waals surface area contributed by atoms with Crippen LogP contribution in [0.15, 0.2) is 58.4 Å². The number of ether oxygens (including phenoxy) is 2. The molecule has 18 heteroatoms. The van der Waals surface area contributed by atoms with Gasteiger partial charge in [0, 0.05) is 32.4 Å². The number of anilines is 1. The summed E-state index contributed by atoms with van der Waals surface area (Å²) in [4.78, 5) is 36.5. The number of carbonyl (C=O) groups is 2. The summed E-state index contributed by atoms with van der Waals surface area (Å²) in [6, 6.07) is 3.53. The first-order valence-corrected chi connectivity index (χ1v) is 16.6. The molecule has 2 heterocycles. The number of H-pyrrole nitrogens is 2. The van der Waals surface area contributed by atoms with Crippen LogP contribution in [0.1, 0.15) is 24.1 Å². The number of aliphatic hydroxyl groups excluding tert-OH is 1. The fourth-order valence-electron chi connectivity index (χ4n) is 4.53. The maximum Gasteiger partial charge on any atom is 0.350 e. The summed E-state index contributed by atoms with van der Waals surface area (Å²) in [7, 11) is 1.48. The van der Waals surface area contributed by atoms with E-state index in [4.69, 9.17) is 20.0 Å². The number of hydrogen-bond acceptors (Lipinski definition) is 10. The smallest absolute Gasteiger partial charge is 0.350 e. The van der Waals surface area contributed by atoms with Gasteiger partial charge in [0.25, 0.3) is 11.8 Å². The van der Waals surface area contributed by atoms with Crippen molar-refractivity contribution < 1.29 is 39.2 Å². The number of nitrogens with zero attached hydrogens (tertiary/aromatic N) is 2. The number of aromatic nitrogens is 2. The quantitative estimate of drug-likeness (QED) is 0.0762. The van der Waals surface area contributed by atoms with Crippen LogP contribution in [0.5, 0.6) is 5.75 Å².